The first-order chi connectivity index (χ1) is 6.67. The van der Waals surface area contributed by atoms with E-state index in [0.717, 1.165) is 19.0 Å². The molecule has 1 rings (SSSR count). The molecule has 0 bridgehead atoms. The van der Waals surface area contributed by atoms with Crippen molar-refractivity contribution in [3.63, 3.8) is 0 Å². The molecule has 0 radical (unpaired) electrons. The van der Waals surface area contributed by atoms with Gasteiger partial charge in [0.1, 0.15) is 0 Å². The molecular formula is C11H24N2O. The zero-order chi connectivity index (χ0) is 10.6. The molecule has 0 saturated carbocycles. The molecule has 1 saturated heterocycles. The summed E-state index contributed by atoms with van der Waals surface area (Å²) in [5.74, 6) is 0.811. The fourth-order valence-electron chi connectivity index (χ4n) is 2.40. The van der Waals surface area contributed by atoms with Crippen molar-refractivity contribution < 1.29 is 5.11 Å². The Morgan fingerprint density at radius 3 is 2.64 bits per heavy atom. The van der Waals surface area contributed by atoms with E-state index < -0.39 is 0 Å². The smallest absolute Gasteiger partial charge is 0.0597 e. The Kier molecular flexibility index (Phi) is 4.85. The Morgan fingerprint density at radius 2 is 2.21 bits per heavy atom. The van der Waals surface area contributed by atoms with E-state index in [4.69, 9.17) is 0 Å². The minimum absolute atomic E-state index is 0.242. The Balaban J connectivity index is 2.34. The van der Waals surface area contributed by atoms with Crippen molar-refractivity contribution in [3.05, 3.63) is 0 Å². The van der Waals surface area contributed by atoms with E-state index in [0.29, 0.717) is 6.04 Å². The van der Waals surface area contributed by atoms with Gasteiger partial charge in [0.25, 0.3) is 0 Å². The van der Waals surface area contributed by atoms with E-state index in [1.54, 1.807) is 0 Å². The van der Waals surface area contributed by atoms with Crippen LogP contribution in [0.4, 0.5) is 0 Å². The first kappa shape index (κ1) is 12.0. The number of nitrogens with zero attached hydrogens (tertiary/aromatic N) is 1. The van der Waals surface area contributed by atoms with Crippen LogP contribution in [0.5, 0.6) is 0 Å². The second-order valence-electron chi connectivity index (χ2n) is 4.58. The van der Waals surface area contributed by atoms with Crippen LogP contribution in [0, 0.1) is 5.92 Å². The molecule has 0 spiro atoms. The predicted octanol–water partition coefficient (Wildman–Crippen LogP) is 0.687. The lowest BCUT2D eigenvalue weighted by atomic mass is 10.1. The number of aliphatic hydroxyl groups is 1. The van der Waals surface area contributed by atoms with E-state index in [1.165, 1.54) is 13.0 Å². The molecule has 1 aliphatic rings. The van der Waals surface area contributed by atoms with Gasteiger partial charge in [-0.15, -0.1) is 0 Å². The summed E-state index contributed by atoms with van der Waals surface area (Å²) >= 11 is 0. The number of likely N-dealkylation sites (N-methyl/N-ethyl adjacent to an activating group) is 1. The van der Waals surface area contributed by atoms with Gasteiger partial charge in [-0.25, -0.2) is 0 Å². The Hall–Kier alpha value is -0.120. The predicted molar refractivity (Wildman–Crippen MR) is 59.4 cm³/mol. The molecule has 0 amide bonds. The zero-order valence-electron chi connectivity index (χ0n) is 9.66. The molecule has 3 nitrogen and oxygen atoms in total. The van der Waals surface area contributed by atoms with E-state index in [9.17, 15) is 5.11 Å². The molecule has 1 fully saturated rings. The normalized spacial score (nSPS) is 30.9. The second kappa shape index (κ2) is 5.69. The summed E-state index contributed by atoms with van der Waals surface area (Å²) in [4.78, 5) is 2.48. The van der Waals surface area contributed by atoms with Crippen molar-refractivity contribution in [3.8, 4) is 0 Å². The molecule has 0 aromatic carbocycles. The second-order valence-corrected chi connectivity index (χ2v) is 4.58. The van der Waals surface area contributed by atoms with E-state index in [1.807, 2.05) is 0 Å². The summed E-state index contributed by atoms with van der Waals surface area (Å²) in [5, 5.41) is 12.5. The van der Waals surface area contributed by atoms with Crippen LogP contribution in [0.2, 0.25) is 0 Å². The van der Waals surface area contributed by atoms with Crippen molar-refractivity contribution in [2.24, 2.45) is 5.92 Å². The van der Waals surface area contributed by atoms with Crippen LogP contribution in [-0.4, -0.2) is 48.3 Å². The van der Waals surface area contributed by atoms with Crippen LogP contribution in [0.1, 0.15) is 27.2 Å². The Labute approximate surface area is 87.5 Å². The van der Waals surface area contributed by atoms with E-state index in [2.05, 4.69) is 31.0 Å². The highest BCUT2D eigenvalue weighted by atomic mass is 16.3. The zero-order valence-corrected chi connectivity index (χ0v) is 9.66. The maximum absolute atomic E-state index is 9.18. The monoisotopic (exact) mass is 200 g/mol. The Bertz CT molecular complexity index is 163. The summed E-state index contributed by atoms with van der Waals surface area (Å²) < 4.78 is 0. The van der Waals surface area contributed by atoms with Gasteiger partial charge in [0.2, 0.25) is 0 Å². The maximum Gasteiger partial charge on any atom is 0.0597 e. The van der Waals surface area contributed by atoms with E-state index in [-0.39, 0.29) is 12.6 Å². The quantitative estimate of drug-likeness (QED) is 0.685. The lowest BCUT2D eigenvalue weighted by Gasteiger charge is -2.26. The molecule has 2 N–H and O–H groups in total. The highest BCUT2D eigenvalue weighted by molar-refractivity contribution is 4.83. The minimum atomic E-state index is 0.242. The third-order valence-corrected chi connectivity index (χ3v) is 3.08. The molecule has 3 atom stereocenters. The SMILES string of the molecule is CCNC(CO)CN1CC(C)CC1C. The fraction of sp³-hybridized carbons (Fsp3) is 1.00. The average molecular weight is 200 g/mol. The van der Waals surface area contributed by atoms with Gasteiger partial charge in [-0.2, -0.15) is 0 Å². The van der Waals surface area contributed by atoms with Crippen molar-refractivity contribution in [1.29, 1.82) is 0 Å². The van der Waals surface area contributed by atoms with Crippen LogP contribution in [-0.2, 0) is 0 Å². The molecule has 14 heavy (non-hydrogen) atoms. The number of hydrogen-bond acceptors (Lipinski definition) is 3. The maximum atomic E-state index is 9.18. The third kappa shape index (κ3) is 3.23. The molecule has 3 unspecified atom stereocenters. The lowest BCUT2D eigenvalue weighted by Crippen LogP contribution is -2.44. The highest BCUT2D eigenvalue weighted by Crippen LogP contribution is 2.21. The van der Waals surface area contributed by atoms with Crippen molar-refractivity contribution >= 4 is 0 Å². The van der Waals surface area contributed by atoms with Crippen molar-refractivity contribution in [2.45, 2.75) is 39.3 Å². The standard InChI is InChI=1S/C11H24N2O/c1-4-12-11(8-14)7-13-6-9(2)5-10(13)3/h9-12,14H,4-8H2,1-3H3. The van der Waals surface area contributed by atoms with Crippen molar-refractivity contribution in [2.75, 3.05) is 26.2 Å². The molecule has 3 heteroatoms. The average Bonchev–Trinajstić information content (AvgIpc) is 2.44. The molecule has 1 aliphatic heterocycles. The van der Waals surface area contributed by atoms with E-state index >= 15 is 0 Å². The van der Waals surface area contributed by atoms with Crippen LogP contribution in [0.15, 0.2) is 0 Å². The summed E-state index contributed by atoms with van der Waals surface area (Å²) in [7, 11) is 0. The van der Waals surface area contributed by atoms with Crippen LogP contribution >= 0.6 is 0 Å². The molecule has 84 valence electrons. The molecule has 0 aliphatic carbocycles. The number of rotatable bonds is 5. The summed E-state index contributed by atoms with van der Waals surface area (Å²) in [6, 6.07) is 0.922. The lowest BCUT2D eigenvalue weighted by molar-refractivity contribution is 0.177. The largest absolute Gasteiger partial charge is 0.395 e. The summed E-state index contributed by atoms with van der Waals surface area (Å²) in [6.45, 7) is 10.0. The first-order valence-corrected chi connectivity index (χ1v) is 5.75. The third-order valence-electron chi connectivity index (χ3n) is 3.08. The first-order valence-electron chi connectivity index (χ1n) is 5.75. The van der Waals surface area contributed by atoms with Crippen LogP contribution in [0.3, 0.4) is 0 Å². The summed E-state index contributed by atoms with van der Waals surface area (Å²) in [5.41, 5.74) is 0. The summed E-state index contributed by atoms with van der Waals surface area (Å²) in [6.07, 6.45) is 1.30. The van der Waals surface area contributed by atoms with Crippen LogP contribution < -0.4 is 5.32 Å². The van der Waals surface area contributed by atoms with Gasteiger partial charge in [0.15, 0.2) is 0 Å². The highest BCUT2D eigenvalue weighted by Gasteiger charge is 2.27. The molecule has 1 heterocycles. The minimum Gasteiger partial charge on any atom is -0.395 e. The molecule has 0 aromatic rings. The van der Waals surface area contributed by atoms with Gasteiger partial charge in [-0.1, -0.05) is 13.8 Å². The number of nitrogens with one attached hydrogen (secondary N) is 1. The number of aliphatic hydroxyl groups excluding tert-OH is 1. The van der Waals surface area contributed by atoms with Gasteiger partial charge in [-0.3, -0.25) is 4.90 Å². The van der Waals surface area contributed by atoms with Gasteiger partial charge in [0.05, 0.1) is 6.61 Å². The van der Waals surface area contributed by atoms with Crippen molar-refractivity contribution in [1.82, 2.24) is 10.2 Å². The number of hydrogen-bond donors (Lipinski definition) is 2. The molecular weight excluding hydrogens is 176 g/mol. The van der Waals surface area contributed by atoms with Gasteiger partial charge >= 0.3 is 0 Å². The van der Waals surface area contributed by atoms with Gasteiger partial charge in [0, 0.05) is 25.2 Å². The molecule has 0 aromatic heterocycles. The fourth-order valence-corrected chi connectivity index (χ4v) is 2.40. The van der Waals surface area contributed by atoms with Gasteiger partial charge in [-0.05, 0) is 25.8 Å². The van der Waals surface area contributed by atoms with Gasteiger partial charge < -0.3 is 10.4 Å². The van der Waals surface area contributed by atoms with Crippen LogP contribution in [0.25, 0.3) is 0 Å². The number of likely N-dealkylation sites (tertiary alicyclic amines) is 1. The Morgan fingerprint density at radius 1 is 1.50 bits per heavy atom. The topological polar surface area (TPSA) is 35.5 Å².